The molecule has 1 aliphatic heterocycles. The first-order valence-electron chi connectivity index (χ1n) is 5.88. The molecule has 1 rings (SSSR count). The summed E-state index contributed by atoms with van der Waals surface area (Å²) in [6.45, 7) is 5.55. The van der Waals surface area contributed by atoms with Gasteiger partial charge in [0.15, 0.2) is 0 Å². The van der Waals surface area contributed by atoms with Gasteiger partial charge in [-0.25, -0.2) is 0 Å². The number of nitrogens with zero attached hydrogens (tertiary/aromatic N) is 1. The van der Waals surface area contributed by atoms with E-state index < -0.39 is 6.04 Å². The molecule has 0 aromatic heterocycles. The number of hydrogen-bond donors (Lipinski definition) is 2. The molecule has 1 atom stereocenters. The Balaban J connectivity index is 2.39. The first-order valence-corrected chi connectivity index (χ1v) is 5.88. The van der Waals surface area contributed by atoms with Crippen molar-refractivity contribution in [3.8, 4) is 0 Å². The maximum Gasteiger partial charge on any atom is 0.239 e. The number of likely N-dealkylation sites (tertiary alicyclic amines) is 1. The van der Waals surface area contributed by atoms with Gasteiger partial charge in [0.05, 0.1) is 6.04 Å². The highest BCUT2D eigenvalue weighted by Crippen LogP contribution is 2.17. The van der Waals surface area contributed by atoms with E-state index >= 15 is 0 Å². The summed E-state index contributed by atoms with van der Waals surface area (Å²) in [4.78, 5) is 24.9. The van der Waals surface area contributed by atoms with Gasteiger partial charge in [-0.3, -0.25) is 9.59 Å². The maximum atomic E-state index is 11.6. The van der Waals surface area contributed by atoms with Crippen molar-refractivity contribution in [2.24, 2.45) is 11.7 Å². The Bertz CT molecular complexity index is 258. The number of rotatable bonds is 3. The standard InChI is InChI=1S/C11H21N3O2/c1-3-13-10(15)9-4-6-14(7-5-9)11(16)8(2)12/h8-9H,3-7,12H2,1-2H3,(H,13,15)/t8-/m1/s1. The van der Waals surface area contributed by atoms with Crippen molar-refractivity contribution in [3.63, 3.8) is 0 Å². The molecule has 0 spiro atoms. The number of nitrogens with one attached hydrogen (secondary N) is 1. The second-order valence-corrected chi connectivity index (χ2v) is 4.28. The summed E-state index contributed by atoms with van der Waals surface area (Å²) >= 11 is 0. The van der Waals surface area contributed by atoms with Gasteiger partial charge >= 0.3 is 0 Å². The smallest absolute Gasteiger partial charge is 0.239 e. The van der Waals surface area contributed by atoms with Crippen molar-refractivity contribution in [1.82, 2.24) is 10.2 Å². The maximum absolute atomic E-state index is 11.6. The molecule has 92 valence electrons. The highest BCUT2D eigenvalue weighted by molar-refractivity contribution is 5.82. The molecule has 0 bridgehead atoms. The second-order valence-electron chi connectivity index (χ2n) is 4.28. The fraction of sp³-hybridized carbons (Fsp3) is 0.818. The molecule has 2 amide bonds. The quantitative estimate of drug-likeness (QED) is 0.695. The van der Waals surface area contributed by atoms with E-state index in [1.807, 2.05) is 6.92 Å². The lowest BCUT2D eigenvalue weighted by atomic mass is 9.95. The van der Waals surface area contributed by atoms with Crippen LogP contribution >= 0.6 is 0 Å². The number of amides is 2. The van der Waals surface area contributed by atoms with Crippen LogP contribution < -0.4 is 11.1 Å². The van der Waals surface area contributed by atoms with Gasteiger partial charge in [-0.1, -0.05) is 0 Å². The van der Waals surface area contributed by atoms with E-state index in [2.05, 4.69) is 5.32 Å². The monoisotopic (exact) mass is 227 g/mol. The van der Waals surface area contributed by atoms with Crippen LogP contribution in [0.5, 0.6) is 0 Å². The summed E-state index contributed by atoms with van der Waals surface area (Å²) in [5.41, 5.74) is 5.54. The third kappa shape index (κ3) is 3.20. The molecule has 3 N–H and O–H groups in total. The molecule has 0 aromatic rings. The lowest BCUT2D eigenvalue weighted by Gasteiger charge is -2.32. The molecule has 5 heteroatoms. The van der Waals surface area contributed by atoms with Crippen LogP contribution in [0.1, 0.15) is 26.7 Å². The van der Waals surface area contributed by atoms with Crippen LogP contribution in [0.25, 0.3) is 0 Å². The van der Waals surface area contributed by atoms with Gasteiger partial charge in [0.2, 0.25) is 11.8 Å². The van der Waals surface area contributed by atoms with Crippen LogP contribution in [0.4, 0.5) is 0 Å². The largest absolute Gasteiger partial charge is 0.356 e. The second kappa shape index (κ2) is 5.84. The number of carbonyl (C=O) groups is 2. The molecular weight excluding hydrogens is 206 g/mol. The molecule has 16 heavy (non-hydrogen) atoms. The molecule has 1 fully saturated rings. The van der Waals surface area contributed by atoms with Crippen LogP contribution in [0.3, 0.4) is 0 Å². The minimum Gasteiger partial charge on any atom is -0.356 e. The van der Waals surface area contributed by atoms with Crippen LogP contribution in [-0.4, -0.2) is 42.4 Å². The third-order valence-electron chi connectivity index (χ3n) is 2.92. The molecule has 0 saturated carbocycles. The van der Waals surface area contributed by atoms with Crippen molar-refractivity contribution >= 4 is 11.8 Å². The van der Waals surface area contributed by atoms with Crippen molar-refractivity contribution < 1.29 is 9.59 Å². The van der Waals surface area contributed by atoms with Crippen LogP contribution in [-0.2, 0) is 9.59 Å². The van der Waals surface area contributed by atoms with E-state index in [1.165, 1.54) is 0 Å². The van der Waals surface area contributed by atoms with Crippen molar-refractivity contribution in [1.29, 1.82) is 0 Å². The van der Waals surface area contributed by atoms with E-state index in [1.54, 1.807) is 11.8 Å². The van der Waals surface area contributed by atoms with Crippen LogP contribution in [0.15, 0.2) is 0 Å². The van der Waals surface area contributed by atoms with Gasteiger partial charge in [-0.05, 0) is 26.7 Å². The SMILES string of the molecule is CCNC(=O)C1CCN(C(=O)[C@@H](C)N)CC1. The van der Waals surface area contributed by atoms with Gasteiger partial charge in [0, 0.05) is 25.6 Å². The van der Waals surface area contributed by atoms with Gasteiger partial charge < -0.3 is 16.0 Å². The zero-order valence-corrected chi connectivity index (χ0v) is 10.0. The summed E-state index contributed by atoms with van der Waals surface area (Å²) in [7, 11) is 0. The van der Waals surface area contributed by atoms with Crippen LogP contribution in [0.2, 0.25) is 0 Å². The number of hydrogen-bond acceptors (Lipinski definition) is 3. The third-order valence-corrected chi connectivity index (χ3v) is 2.92. The summed E-state index contributed by atoms with van der Waals surface area (Å²) in [6.07, 6.45) is 1.48. The number of piperidine rings is 1. The highest BCUT2D eigenvalue weighted by Gasteiger charge is 2.27. The molecule has 5 nitrogen and oxygen atoms in total. The summed E-state index contributed by atoms with van der Waals surface area (Å²) in [6, 6.07) is -0.444. The Hall–Kier alpha value is -1.10. The van der Waals surface area contributed by atoms with E-state index in [0.717, 1.165) is 12.8 Å². The average molecular weight is 227 g/mol. The molecule has 0 radical (unpaired) electrons. The molecule has 1 heterocycles. The van der Waals surface area contributed by atoms with Gasteiger partial charge in [-0.15, -0.1) is 0 Å². The molecule has 0 unspecified atom stereocenters. The van der Waals surface area contributed by atoms with Gasteiger partial charge in [0.1, 0.15) is 0 Å². The van der Waals surface area contributed by atoms with E-state index in [9.17, 15) is 9.59 Å². The summed E-state index contributed by atoms with van der Waals surface area (Å²) in [5.74, 6) is 0.141. The zero-order chi connectivity index (χ0) is 12.1. The van der Waals surface area contributed by atoms with E-state index in [4.69, 9.17) is 5.73 Å². The minimum absolute atomic E-state index is 0.0191. The van der Waals surface area contributed by atoms with Crippen molar-refractivity contribution in [2.75, 3.05) is 19.6 Å². The Kier molecular flexibility index (Phi) is 4.73. The fourth-order valence-corrected chi connectivity index (χ4v) is 1.97. The molecule has 1 saturated heterocycles. The van der Waals surface area contributed by atoms with Crippen LogP contribution in [0, 0.1) is 5.92 Å². The summed E-state index contributed by atoms with van der Waals surface area (Å²) in [5, 5.41) is 2.81. The zero-order valence-electron chi connectivity index (χ0n) is 10.0. The Morgan fingerprint density at radius 2 is 2.00 bits per heavy atom. The molecule has 0 aliphatic carbocycles. The Morgan fingerprint density at radius 3 is 2.44 bits per heavy atom. The van der Waals surface area contributed by atoms with Gasteiger partial charge in [0.25, 0.3) is 0 Å². The van der Waals surface area contributed by atoms with E-state index in [0.29, 0.717) is 19.6 Å². The first kappa shape index (κ1) is 13.0. The molecular formula is C11H21N3O2. The normalized spacial score (nSPS) is 19.3. The minimum atomic E-state index is -0.444. The topological polar surface area (TPSA) is 75.4 Å². The molecule has 1 aliphatic rings. The first-order chi connectivity index (χ1) is 7.56. The lowest BCUT2D eigenvalue weighted by Crippen LogP contribution is -2.47. The van der Waals surface area contributed by atoms with E-state index in [-0.39, 0.29) is 17.7 Å². The van der Waals surface area contributed by atoms with Crippen molar-refractivity contribution in [3.05, 3.63) is 0 Å². The summed E-state index contributed by atoms with van der Waals surface area (Å²) < 4.78 is 0. The predicted octanol–water partition coefficient (Wildman–Crippen LogP) is -0.292. The average Bonchev–Trinajstić information content (AvgIpc) is 2.28. The Labute approximate surface area is 96.4 Å². The van der Waals surface area contributed by atoms with Crippen molar-refractivity contribution in [2.45, 2.75) is 32.7 Å². The highest BCUT2D eigenvalue weighted by atomic mass is 16.2. The fourth-order valence-electron chi connectivity index (χ4n) is 1.97. The number of nitrogens with two attached hydrogens (primary N) is 1. The Morgan fingerprint density at radius 1 is 1.44 bits per heavy atom. The van der Waals surface area contributed by atoms with Gasteiger partial charge in [-0.2, -0.15) is 0 Å². The lowest BCUT2D eigenvalue weighted by molar-refractivity contribution is -0.136. The molecule has 0 aromatic carbocycles. The number of carbonyl (C=O) groups excluding carboxylic acids is 2. The predicted molar refractivity (Wildman–Crippen MR) is 61.6 cm³/mol.